The van der Waals surface area contributed by atoms with E-state index in [4.69, 9.17) is 19.8 Å². The number of nitrogen functional groups attached to an aromatic ring is 1. The molecular weight excluding hydrogens is 271 g/mol. The molecule has 1 fully saturated rings. The number of fused-ring (bicyclic) bond motifs is 1. The fourth-order valence-corrected chi connectivity index (χ4v) is 2.46. The number of nitrogens with two attached hydrogens (primary N) is 1. The Bertz CT molecular complexity index is 599. The number of anilines is 2. The number of carbonyl (C=O) groups excluding carboxylic acids is 1. The minimum absolute atomic E-state index is 0.193. The fourth-order valence-electron chi connectivity index (χ4n) is 2.46. The van der Waals surface area contributed by atoms with Crippen LogP contribution in [0.1, 0.15) is 33.3 Å². The zero-order chi connectivity index (χ0) is 15.4. The average Bonchev–Trinajstić information content (AvgIpc) is 2.58. The highest BCUT2D eigenvalue weighted by Gasteiger charge is 2.52. The topological polar surface area (TPSA) is 82.8 Å². The summed E-state index contributed by atoms with van der Waals surface area (Å²) in [5.74, 6) is 0. The maximum absolute atomic E-state index is 11.5. The number of hydrogen-bond donors (Lipinski definition) is 2. The van der Waals surface area contributed by atoms with Crippen LogP contribution in [0.15, 0.2) is 12.1 Å². The highest BCUT2D eigenvalue weighted by molar-refractivity contribution is 6.64. The molecule has 3 rings (SSSR count). The number of ether oxygens (including phenoxy) is 1. The summed E-state index contributed by atoms with van der Waals surface area (Å²) in [6.45, 7) is 8.11. The van der Waals surface area contributed by atoms with Gasteiger partial charge in [0.05, 0.1) is 16.9 Å². The van der Waals surface area contributed by atoms with E-state index in [1.165, 1.54) is 0 Å². The molecule has 0 unspecified atom stereocenters. The molecule has 2 heterocycles. The Morgan fingerprint density at radius 1 is 1.19 bits per heavy atom. The van der Waals surface area contributed by atoms with E-state index in [2.05, 4.69) is 5.32 Å². The summed E-state index contributed by atoms with van der Waals surface area (Å²) in [6.07, 6.45) is -0.481. The first-order chi connectivity index (χ1) is 9.69. The van der Waals surface area contributed by atoms with Crippen molar-refractivity contribution in [2.75, 3.05) is 11.1 Å². The van der Waals surface area contributed by atoms with Crippen LogP contribution in [-0.4, -0.2) is 24.4 Å². The van der Waals surface area contributed by atoms with Gasteiger partial charge >= 0.3 is 13.2 Å². The van der Waals surface area contributed by atoms with E-state index in [0.29, 0.717) is 11.4 Å². The predicted molar refractivity (Wildman–Crippen MR) is 80.4 cm³/mol. The van der Waals surface area contributed by atoms with E-state index in [0.717, 1.165) is 11.0 Å². The average molecular weight is 290 g/mol. The van der Waals surface area contributed by atoms with Crippen LogP contribution in [0.4, 0.5) is 16.2 Å². The molecule has 7 heteroatoms. The molecule has 1 aromatic carbocycles. The molecule has 0 atom stereocenters. The monoisotopic (exact) mass is 290 g/mol. The van der Waals surface area contributed by atoms with Gasteiger partial charge in [-0.3, -0.25) is 5.32 Å². The number of carbonyl (C=O) groups is 1. The summed E-state index contributed by atoms with van der Waals surface area (Å²) in [5, 5.41) is 2.71. The molecule has 6 nitrogen and oxygen atoms in total. The second-order valence-electron chi connectivity index (χ2n) is 6.43. The van der Waals surface area contributed by atoms with Crippen molar-refractivity contribution in [3.63, 3.8) is 0 Å². The van der Waals surface area contributed by atoms with E-state index in [1.807, 2.05) is 27.7 Å². The minimum Gasteiger partial charge on any atom is -0.444 e. The molecule has 0 radical (unpaired) electrons. The summed E-state index contributed by atoms with van der Waals surface area (Å²) in [7, 11) is -0.578. The lowest BCUT2D eigenvalue weighted by molar-refractivity contribution is 0.00578. The van der Waals surface area contributed by atoms with Gasteiger partial charge < -0.3 is 19.8 Å². The number of rotatable bonds is 1. The van der Waals surface area contributed by atoms with Crippen LogP contribution in [0.3, 0.4) is 0 Å². The quantitative estimate of drug-likeness (QED) is 0.606. The van der Waals surface area contributed by atoms with Crippen molar-refractivity contribution < 1.29 is 18.8 Å². The van der Waals surface area contributed by atoms with Gasteiger partial charge in [0, 0.05) is 16.7 Å². The molecule has 1 saturated heterocycles. The first kappa shape index (κ1) is 14.2. The van der Waals surface area contributed by atoms with Crippen LogP contribution < -0.4 is 16.5 Å². The fraction of sp³-hybridized carbons (Fsp3) is 0.500. The maximum Gasteiger partial charge on any atom is 0.497 e. The van der Waals surface area contributed by atoms with Gasteiger partial charge in [-0.05, 0) is 39.8 Å². The van der Waals surface area contributed by atoms with Gasteiger partial charge in [-0.15, -0.1) is 0 Å². The van der Waals surface area contributed by atoms with Crippen LogP contribution in [0, 0.1) is 0 Å². The van der Waals surface area contributed by atoms with E-state index >= 15 is 0 Å². The zero-order valence-electron chi connectivity index (χ0n) is 12.6. The summed E-state index contributed by atoms with van der Waals surface area (Å²) in [5.41, 5.74) is 7.82. The zero-order valence-corrected chi connectivity index (χ0v) is 12.6. The van der Waals surface area contributed by atoms with Crippen LogP contribution >= 0.6 is 0 Å². The largest absolute Gasteiger partial charge is 0.497 e. The van der Waals surface area contributed by atoms with Gasteiger partial charge in [0.1, 0.15) is 6.61 Å². The molecule has 21 heavy (non-hydrogen) atoms. The molecule has 0 aliphatic carbocycles. The Kier molecular flexibility index (Phi) is 2.97. The van der Waals surface area contributed by atoms with E-state index in [-0.39, 0.29) is 6.61 Å². The molecule has 2 aliphatic rings. The summed E-state index contributed by atoms with van der Waals surface area (Å²) < 4.78 is 17.0. The number of cyclic esters (lactones) is 1. The highest BCUT2D eigenvalue weighted by atomic mass is 16.7. The summed E-state index contributed by atoms with van der Waals surface area (Å²) >= 11 is 0. The molecule has 3 N–H and O–H groups in total. The second kappa shape index (κ2) is 4.38. The van der Waals surface area contributed by atoms with Crippen LogP contribution in [-0.2, 0) is 20.7 Å². The highest BCUT2D eigenvalue weighted by Crippen LogP contribution is 2.37. The Morgan fingerprint density at radius 3 is 2.43 bits per heavy atom. The Morgan fingerprint density at radius 2 is 1.81 bits per heavy atom. The lowest BCUT2D eigenvalue weighted by Gasteiger charge is -2.32. The third-order valence-corrected chi connectivity index (χ3v) is 4.37. The van der Waals surface area contributed by atoms with Crippen molar-refractivity contribution in [3.8, 4) is 0 Å². The van der Waals surface area contributed by atoms with Crippen molar-refractivity contribution in [1.29, 1.82) is 0 Å². The van der Waals surface area contributed by atoms with Crippen molar-refractivity contribution in [2.24, 2.45) is 0 Å². The second-order valence-corrected chi connectivity index (χ2v) is 6.43. The van der Waals surface area contributed by atoms with Gasteiger partial charge in [0.15, 0.2) is 0 Å². The van der Waals surface area contributed by atoms with Crippen molar-refractivity contribution in [1.82, 2.24) is 0 Å². The molecule has 1 aromatic rings. The van der Waals surface area contributed by atoms with Gasteiger partial charge in [-0.1, -0.05) is 0 Å². The first-order valence-corrected chi connectivity index (χ1v) is 6.91. The molecule has 0 saturated carbocycles. The van der Waals surface area contributed by atoms with Gasteiger partial charge in [0.2, 0.25) is 0 Å². The van der Waals surface area contributed by atoms with Crippen molar-refractivity contribution in [3.05, 3.63) is 17.7 Å². The molecular formula is C14H19BN2O4. The third-order valence-electron chi connectivity index (χ3n) is 4.37. The smallest absolute Gasteiger partial charge is 0.444 e. The molecule has 112 valence electrons. The van der Waals surface area contributed by atoms with Crippen LogP contribution in [0.2, 0.25) is 0 Å². The normalized spacial score (nSPS) is 22.5. The Hall–Kier alpha value is -1.73. The standard InChI is InChI=1S/C14H19BN2O4/c1-13(2)14(3,4)21-15(20-13)10-6-9(16)5-8-7-19-12(18)17-11(8)10/h5-6H,7,16H2,1-4H3,(H,17,18). The number of hydrogen-bond acceptors (Lipinski definition) is 5. The van der Waals surface area contributed by atoms with Gasteiger partial charge in [0.25, 0.3) is 0 Å². The van der Waals surface area contributed by atoms with E-state index in [9.17, 15) is 4.79 Å². The molecule has 2 aliphatic heterocycles. The number of benzene rings is 1. The molecule has 0 aromatic heterocycles. The third kappa shape index (κ3) is 2.26. The van der Waals surface area contributed by atoms with Gasteiger partial charge in [-0.2, -0.15) is 0 Å². The SMILES string of the molecule is CC1(C)OB(c2cc(N)cc3c2NC(=O)OC3)OC1(C)C. The molecule has 1 amide bonds. The van der Waals surface area contributed by atoms with Crippen LogP contribution in [0.25, 0.3) is 0 Å². The van der Waals surface area contributed by atoms with Crippen molar-refractivity contribution >= 4 is 30.0 Å². The lowest BCUT2D eigenvalue weighted by atomic mass is 9.76. The van der Waals surface area contributed by atoms with Crippen molar-refractivity contribution in [2.45, 2.75) is 45.5 Å². The van der Waals surface area contributed by atoms with Crippen LogP contribution in [0.5, 0.6) is 0 Å². The predicted octanol–water partition coefficient (Wildman–Crippen LogP) is 1.63. The molecule has 0 spiro atoms. The van der Waals surface area contributed by atoms with E-state index < -0.39 is 24.4 Å². The van der Waals surface area contributed by atoms with Gasteiger partial charge in [-0.25, -0.2) is 4.79 Å². The number of amides is 1. The number of nitrogens with one attached hydrogen (secondary N) is 1. The maximum atomic E-state index is 11.5. The lowest BCUT2D eigenvalue weighted by Crippen LogP contribution is -2.41. The first-order valence-electron chi connectivity index (χ1n) is 6.91. The Labute approximate surface area is 124 Å². The Balaban J connectivity index is 2.04. The summed E-state index contributed by atoms with van der Waals surface area (Å²) in [4.78, 5) is 11.5. The van der Waals surface area contributed by atoms with E-state index in [1.54, 1.807) is 12.1 Å². The minimum atomic E-state index is -0.578. The summed E-state index contributed by atoms with van der Waals surface area (Å²) in [6, 6.07) is 3.55. The molecule has 0 bridgehead atoms.